The maximum absolute atomic E-state index is 12.1. The van der Waals surface area contributed by atoms with E-state index >= 15 is 0 Å². The summed E-state index contributed by atoms with van der Waals surface area (Å²) in [5.74, 6) is -0.169. The van der Waals surface area contributed by atoms with Gasteiger partial charge in [0.25, 0.3) is 11.5 Å². The number of rotatable bonds is 2. The van der Waals surface area contributed by atoms with Crippen LogP contribution in [0.15, 0.2) is 53.3 Å². The van der Waals surface area contributed by atoms with Gasteiger partial charge in [-0.2, -0.15) is 0 Å². The van der Waals surface area contributed by atoms with E-state index in [1.54, 1.807) is 36.4 Å². The highest BCUT2D eigenvalue weighted by Crippen LogP contribution is 2.09. The Balaban J connectivity index is 1.93. The number of carbonyl (C=O) groups excluding carboxylic acids is 1. The van der Waals surface area contributed by atoms with Gasteiger partial charge in [0.1, 0.15) is 0 Å². The number of aromatic nitrogens is 2. The molecule has 0 saturated carbocycles. The third-order valence-corrected chi connectivity index (χ3v) is 3.16. The lowest BCUT2D eigenvalue weighted by Crippen LogP contribution is -2.18. The summed E-state index contributed by atoms with van der Waals surface area (Å²) in [7, 11) is 0. The Morgan fingerprint density at radius 2 is 1.81 bits per heavy atom. The first kappa shape index (κ1) is 13.1. The molecule has 5 heteroatoms. The van der Waals surface area contributed by atoms with Crippen LogP contribution < -0.4 is 10.9 Å². The van der Waals surface area contributed by atoms with Gasteiger partial charge in [-0.25, -0.2) is 4.98 Å². The van der Waals surface area contributed by atoms with Crippen LogP contribution in [0.1, 0.15) is 15.9 Å². The van der Waals surface area contributed by atoms with Gasteiger partial charge >= 0.3 is 0 Å². The molecule has 0 atom stereocenters. The van der Waals surface area contributed by atoms with Crippen molar-refractivity contribution in [1.82, 2.24) is 9.97 Å². The summed E-state index contributed by atoms with van der Waals surface area (Å²) >= 11 is 0. The predicted octanol–water partition coefficient (Wildman–Crippen LogP) is 2.48. The van der Waals surface area contributed by atoms with Crippen molar-refractivity contribution in [2.75, 3.05) is 5.32 Å². The van der Waals surface area contributed by atoms with Crippen molar-refractivity contribution in [2.45, 2.75) is 6.92 Å². The smallest absolute Gasteiger partial charge is 0.260 e. The van der Waals surface area contributed by atoms with Crippen molar-refractivity contribution < 1.29 is 4.79 Å². The number of para-hydroxylation sites is 1. The lowest BCUT2D eigenvalue weighted by Gasteiger charge is -2.05. The number of aryl methyl sites for hydroxylation is 1. The molecule has 0 unspecified atom stereocenters. The Labute approximate surface area is 120 Å². The lowest BCUT2D eigenvalue weighted by molar-refractivity contribution is 0.102. The van der Waals surface area contributed by atoms with Crippen molar-refractivity contribution in [1.29, 1.82) is 0 Å². The van der Waals surface area contributed by atoms with Crippen LogP contribution in [-0.4, -0.2) is 15.9 Å². The van der Waals surface area contributed by atoms with Gasteiger partial charge in [-0.15, -0.1) is 0 Å². The van der Waals surface area contributed by atoms with Gasteiger partial charge in [-0.1, -0.05) is 29.8 Å². The minimum atomic E-state index is -0.312. The molecule has 0 bridgehead atoms. The van der Waals surface area contributed by atoms with Crippen LogP contribution in [0.5, 0.6) is 0 Å². The second-order valence-corrected chi connectivity index (χ2v) is 4.75. The predicted molar refractivity (Wildman–Crippen MR) is 81.5 cm³/mol. The van der Waals surface area contributed by atoms with E-state index in [0.29, 0.717) is 16.5 Å². The molecule has 3 aromatic rings. The molecule has 1 heterocycles. The molecule has 0 radical (unpaired) electrons. The maximum atomic E-state index is 12.1. The summed E-state index contributed by atoms with van der Waals surface area (Å²) < 4.78 is 0. The molecule has 0 aliphatic heterocycles. The third kappa shape index (κ3) is 2.67. The van der Waals surface area contributed by atoms with E-state index in [1.807, 2.05) is 19.1 Å². The molecule has 2 N–H and O–H groups in total. The number of nitrogens with zero attached hydrogens (tertiary/aromatic N) is 1. The summed E-state index contributed by atoms with van der Waals surface area (Å²) in [6.07, 6.45) is 0. The number of aromatic amines is 1. The molecule has 3 rings (SSSR count). The Hall–Kier alpha value is -2.95. The van der Waals surface area contributed by atoms with Gasteiger partial charge in [0.15, 0.2) is 0 Å². The molecular weight excluding hydrogens is 266 g/mol. The van der Waals surface area contributed by atoms with E-state index in [4.69, 9.17) is 0 Å². The van der Waals surface area contributed by atoms with Crippen molar-refractivity contribution in [3.05, 3.63) is 70.0 Å². The Bertz CT molecular complexity index is 867. The van der Waals surface area contributed by atoms with Gasteiger partial charge in [0.05, 0.1) is 10.9 Å². The molecule has 0 fully saturated rings. The lowest BCUT2D eigenvalue weighted by atomic mass is 10.1. The van der Waals surface area contributed by atoms with E-state index < -0.39 is 0 Å². The summed E-state index contributed by atoms with van der Waals surface area (Å²) in [6, 6.07) is 14.1. The molecule has 0 saturated heterocycles. The molecular formula is C16H13N3O2. The van der Waals surface area contributed by atoms with Gasteiger partial charge in [-0.05, 0) is 31.2 Å². The minimum absolute atomic E-state index is 0.143. The SMILES string of the molecule is Cc1ccc(C(=O)Nc2nc3ccccc3c(=O)[nH]2)cc1. The van der Waals surface area contributed by atoms with E-state index in [2.05, 4.69) is 15.3 Å². The molecule has 0 aliphatic rings. The van der Waals surface area contributed by atoms with Crippen LogP contribution in [-0.2, 0) is 0 Å². The fourth-order valence-corrected chi connectivity index (χ4v) is 2.03. The number of amides is 1. The molecule has 104 valence electrons. The summed E-state index contributed by atoms with van der Waals surface area (Å²) in [4.78, 5) is 30.8. The first-order valence-electron chi connectivity index (χ1n) is 6.50. The standard InChI is InChI=1S/C16H13N3O2/c1-10-6-8-11(9-7-10)14(20)18-16-17-13-5-3-2-4-12(13)15(21)19-16/h2-9H,1H3,(H2,17,18,19,20,21). The van der Waals surface area contributed by atoms with Crippen LogP contribution in [0, 0.1) is 6.92 Å². The van der Waals surface area contributed by atoms with E-state index in [1.165, 1.54) is 0 Å². The highest BCUT2D eigenvalue weighted by Gasteiger charge is 2.08. The number of anilines is 1. The van der Waals surface area contributed by atoms with Crippen molar-refractivity contribution in [2.24, 2.45) is 0 Å². The molecule has 1 amide bonds. The fourth-order valence-electron chi connectivity index (χ4n) is 2.03. The number of hydrogen-bond donors (Lipinski definition) is 2. The fraction of sp³-hybridized carbons (Fsp3) is 0.0625. The number of hydrogen-bond acceptors (Lipinski definition) is 3. The molecule has 1 aromatic heterocycles. The summed E-state index contributed by atoms with van der Waals surface area (Å²) in [6.45, 7) is 1.95. The van der Waals surface area contributed by atoms with Crippen molar-refractivity contribution >= 4 is 22.8 Å². The third-order valence-electron chi connectivity index (χ3n) is 3.16. The highest BCUT2D eigenvalue weighted by atomic mass is 16.2. The Morgan fingerprint density at radius 3 is 2.57 bits per heavy atom. The number of nitrogens with one attached hydrogen (secondary N) is 2. The topological polar surface area (TPSA) is 74.8 Å². The highest BCUT2D eigenvalue weighted by molar-refractivity contribution is 6.03. The monoisotopic (exact) mass is 279 g/mol. The molecule has 0 aliphatic carbocycles. The van der Waals surface area contributed by atoms with Gasteiger partial charge in [0, 0.05) is 5.56 Å². The normalized spacial score (nSPS) is 10.5. The van der Waals surface area contributed by atoms with E-state index in [-0.39, 0.29) is 17.4 Å². The van der Waals surface area contributed by atoms with Gasteiger partial charge < -0.3 is 0 Å². The molecule has 21 heavy (non-hydrogen) atoms. The van der Waals surface area contributed by atoms with Crippen molar-refractivity contribution in [3.8, 4) is 0 Å². The zero-order chi connectivity index (χ0) is 14.8. The second kappa shape index (κ2) is 5.20. The largest absolute Gasteiger partial charge is 0.292 e. The number of fused-ring (bicyclic) bond motifs is 1. The molecule has 2 aromatic carbocycles. The maximum Gasteiger partial charge on any atom is 0.260 e. The molecule has 5 nitrogen and oxygen atoms in total. The van der Waals surface area contributed by atoms with Gasteiger partial charge in [0.2, 0.25) is 5.95 Å². The van der Waals surface area contributed by atoms with Crippen LogP contribution >= 0.6 is 0 Å². The first-order valence-corrected chi connectivity index (χ1v) is 6.50. The van der Waals surface area contributed by atoms with Crippen LogP contribution in [0.2, 0.25) is 0 Å². The summed E-state index contributed by atoms with van der Waals surface area (Å²) in [5, 5.41) is 3.10. The van der Waals surface area contributed by atoms with Crippen LogP contribution in [0.25, 0.3) is 10.9 Å². The van der Waals surface area contributed by atoms with E-state index in [9.17, 15) is 9.59 Å². The van der Waals surface area contributed by atoms with Gasteiger partial charge in [-0.3, -0.25) is 19.9 Å². The van der Waals surface area contributed by atoms with Crippen LogP contribution in [0.3, 0.4) is 0 Å². The number of H-pyrrole nitrogens is 1. The second-order valence-electron chi connectivity index (χ2n) is 4.75. The Kier molecular flexibility index (Phi) is 3.23. The zero-order valence-corrected chi connectivity index (χ0v) is 11.4. The zero-order valence-electron chi connectivity index (χ0n) is 11.4. The first-order chi connectivity index (χ1) is 10.1. The van der Waals surface area contributed by atoms with E-state index in [0.717, 1.165) is 5.56 Å². The molecule has 0 spiro atoms. The average molecular weight is 279 g/mol. The average Bonchev–Trinajstić information content (AvgIpc) is 2.48. The number of carbonyl (C=O) groups is 1. The van der Waals surface area contributed by atoms with Crippen molar-refractivity contribution in [3.63, 3.8) is 0 Å². The Morgan fingerprint density at radius 1 is 1.10 bits per heavy atom. The summed E-state index contributed by atoms with van der Waals surface area (Å²) in [5.41, 5.74) is 1.85. The minimum Gasteiger partial charge on any atom is -0.292 e. The van der Waals surface area contributed by atoms with Crippen LogP contribution in [0.4, 0.5) is 5.95 Å². The quantitative estimate of drug-likeness (QED) is 0.756. The number of benzene rings is 2.